The van der Waals surface area contributed by atoms with Crippen LogP contribution in [0.1, 0.15) is 32.6 Å². The molecule has 0 amide bonds. The maximum atomic E-state index is 5.19. The summed E-state index contributed by atoms with van der Waals surface area (Å²) in [6.07, 6.45) is 5.43. The molecule has 0 aromatic rings. The van der Waals surface area contributed by atoms with Crippen molar-refractivity contribution in [3.63, 3.8) is 0 Å². The second-order valence-corrected chi connectivity index (χ2v) is 4.19. The highest BCUT2D eigenvalue weighted by Crippen LogP contribution is 2.23. The molecule has 1 aliphatic carbocycles. The van der Waals surface area contributed by atoms with E-state index in [1.165, 1.54) is 25.7 Å². The summed E-state index contributed by atoms with van der Waals surface area (Å²) >= 11 is 0. The number of methoxy groups -OCH3 is 2. The summed E-state index contributed by atoms with van der Waals surface area (Å²) in [6.45, 7) is 3.21. The van der Waals surface area contributed by atoms with E-state index in [0.29, 0.717) is 0 Å². The van der Waals surface area contributed by atoms with Crippen molar-refractivity contribution in [3.05, 3.63) is 0 Å². The molecule has 0 spiro atoms. The lowest BCUT2D eigenvalue weighted by Gasteiger charge is -2.23. The average molecular weight is 201 g/mol. The summed E-state index contributed by atoms with van der Waals surface area (Å²) in [7, 11) is 3.36. The van der Waals surface area contributed by atoms with Gasteiger partial charge in [0, 0.05) is 14.2 Å². The van der Waals surface area contributed by atoms with Gasteiger partial charge in [-0.3, -0.25) is 0 Å². The van der Waals surface area contributed by atoms with Gasteiger partial charge in [-0.2, -0.15) is 0 Å². The summed E-state index contributed by atoms with van der Waals surface area (Å²) in [5, 5.41) is 3.48. The Morgan fingerprint density at radius 3 is 2.29 bits per heavy atom. The molecule has 14 heavy (non-hydrogen) atoms. The Balaban J connectivity index is 2.15. The molecule has 0 radical (unpaired) electrons. The van der Waals surface area contributed by atoms with Crippen LogP contribution < -0.4 is 5.32 Å². The normalized spacial score (nSPS) is 20.6. The molecule has 1 fully saturated rings. The largest absolute Gasteiger partial charge is 0.354 e. The highest BCUT2D eigenvalue weighted by atomic mass is 16.7. The molecule has 0 bridgehead atoms. The molecule has 84 valence electrons. The van der Waals surface area contributed by atoms with Crippen molar-refractivity contribution >= 4 is 0 Å². The molecule has 3 heteroatoms. The van der Waals surface area contributed by atoms with Crippen molar-refractivity contribution in [2.24, 2.45) is 5.92 Å². The fourth-order valence-corrected chi connectivity index (χ4v) is 2.17. The lowest BCUT2D eigenvalue weighted by molar-refractivity contribution is -0.119. The van der Waals surface area contributed by atoms with Crippen LogP contribution in [0.4, 0.5) is 0 Å². The second-order valence-electron chi connectivity index (χ2n) is 4.19. The summed E-state index contributed by atoms with van der Waals surface area (Å²) in [5.74, 6) is 0.867. The summed E-state index contributed by atoms with van der Waals surface area (Å²) in [6, 6.07) is 0.269. The Labute approximate surface area is 87.2 Å². The molecule has 0 aromatic carbocycles. The standard InChI is InChI=1S/C11H23NO2/c1-9(11(13-2)14-3)12-8-10-6-4-5-7-10/h9-12H,4-8H2,1-3H3. The quantitative estimate of drug-likeness (QED) is 0.664. The van der Waals surface area contributed by atoms with E-state index in [-0.39, 0.29) is 12.3 Å². The van der Waals surface area contributed by atoms with Gasteiger partial charge in [0.05, 0.1) is 6.04 Å². The number of hydrogen-bond acceptors (Lipinski definition) is 3. The Bertz CT molecular complexity index is 142. The van der Waals surface area contributed by atoms with E-state index in [1.807, 2.05) is 0 Å². The zero-order valence-electron chi connectivity index (χ0n) is 9.58. The monoisotopic (exact) mass is 201 g/mol. The first-order valence-electron chi connectivity index (χ1n) is 5.57. The second kappa shape index (κ2) is 6.38. The van der Waals surface area contributed by atoms with Crippen molar-refractivity contribution in [1.29, 1.82) is 0 Å². The minimum atomic E-state index is -0.128. The van der Waals surface area contributed by atoms with Crippen molar-refractivity contribution < 1.29 is 9.47 Å². The van der Waals surface area contributed by atoms with Crippen LogP contribution in [0.15, 0.2) is 0 Å². The maximum Gasteiger partial charge on any atom is 0.171 e. The molecule has 0 aromatic heterocycles. The van der Waals surface area contributed by atoms with Gasteiger partial charge in [0.2, 0.25) is 0 Å². The van der Waals surface area contributed by atoms with E-state index in [4.69, 9.17) is 9.47 Å². The number of hydrogen-bond donors (Lipinski definition) is 1. The third-order valence-electron chi connectivity index (χ3n) is 3.08. The van der Waals surface area contributed by atoms with Gasteiger partial charge in [0.15, 0.2) is 6.29 Å². The third-order valence-corrected chi connectivity index (χ3v) is 3.08. The van der Waals surface area contributed by atoms with E-state index in [2.05, 4.69) is 12.2 Å². The maximum absolute atomic E-state index is 5.19. The van der Waals surface area contributed by atoms with E-state index < -0.39 is 0 Å². The van der Waals surface area contributed by atoms with Gasteiger partial charge >= 0.3 is 0 Å². The zero-order chi connectivity index (χ0) is 10.4. The van der Waals surface area contributed by atoms with Crippen LogP contribution in [0.25, 0.3) is 0 Å². The molecule has 0 saturated heterocycles. The molecule has 1 rings (SSSR count). The van der Waals surface area contributed by atoms with Crippen molar-refractivity contribution in [3.8, 4) is 0 Å². The van der Waals surface area contributed by atoms with Crippen molar-refractivity contribution in [1.82, 2.24) is 5.32 Å². The van der Waals surface area contributed by atoms with Gasteiger partial charge in [-0.05, 0) is 32.2 Å². The van der Waals surface area contributed by atoms with Crippen LogP contribution in [0.2, 0.25) is 0 Å². The minimum Gasteiger partial charge on any atom is -0.354 e. The first kappa shape index (κ1) is 12.0. The Morgan fingerprint density at radius 1 is 1.21 bits per heavy atom. The third kappa shape index (κ3) is 3.56. The van der Waals surface area contributed by atoms with Crippen LogP contribution in [0, 0.1) is 5.92 Å². The van der Waals surface area contributed by atoms with Crippen LogP contribution in [-0.4, -0.2) is 33.1 Å². The van der Waals surface area contributed by atoms with Crippen molar-refractivity contribution in [2.75, 3.05) is 20.8 Å². The van der Waals surface area contributed by atoms with Gasteiger partial charge in [-0.15, -0.1) is 0 Å². The molecular weight excluding hydrogens is 178 g/mol. The average Bonchev–Trinajstić information content (AvgIpc) is 2.69. The molecule has 1 saturated carbocycles. The molecule has 1 aliphatic rings. The number of rotatable bonds is 6. The highest BCUT2D eigenvalue weighted by molar-refractivity contribution is 4.72. The fraction of sp³-hybridized carbons (Fsp3) is 1.00. The number of nitrogens with one attached hydrogen (secondary N) is 1. The molecule has 3 nitrogen and oxygen atoms in total. The van der Waals surface area contributed by atoms with Crippen LogP contribution in [-0.2, 0) is 9.47 Å². The topological polar surface area (TPSA) is 30.5 Å². The van der Waals surface area contributed by atoms with Crippen LogP contribution >= 0.6 is 0 Å². The zero-order valence-corrected chi connectivity index (χ0v) is 9.58. The Kier molecular flexibility index (Phi) is 5.45. The lowest BCUT2D eigenvalue weighted by Crippen LogP contribution is -2.41. The Morgan fingerprint density at radius 2 is 1.79 bits per heavy atom. The molecular formula is C11H23NO2. The van der Waals surface area contributed by atoms with Gasteiger partial charge in [-0.1, -0.05) is 12.8 Å². The van der Waals surface area contributed by atoms with Gasteiger partial charge in [0.25, 0.3) is 0 Å². The predicted molar refractivity (Wildman–Crippen MR) is 57.2 cm³/mol. The summed E-state index contributed by atoms with van der Waals surface area (Å²) in [5.41, 5.74) is 0. The molecule has 1 unspecified atom stereocenters. The minimum absolute atomic E-state index is 0.128. The summed E-state index contributed by atoms with van der Waals surface area (Å²) < 4.78 is 10.4. The molecule has 0 aliphatic heterocycles. The predicted octanol–water partition coefficient (Wildman–Crippen LogP) is 1.77. The highest BCUT2D eigenvalue weighted by Gasteiger charge is 2.19. The van der Waals surface area contributed by atoms with E-state index in [9.17, 15) is 0 Å². The van der Waals surface area contributed by atoms with E-state index in [1.54, 1.807) is 14.2 Å². The lowest BCUT2D eigenvalue weighted by atomic mass is 10.1. The van der Waals surface area contributed by atoms with E-state index in [0.717, 1.165) is 12.5 Å². The SMILES string of the molecule is COC(OC)C(C)NCC1CCCC1. The van der Waals surface area contributed by atoms with Crippen LogP contribution in [0.5, 0.6) is 0 Å². The van der Waals surface area contributed by atoms with Gasteiger partial charge < -0.3 is 14.8 Å². The Hall–Kier alpha value is -0.120. The molecule has 1 N–H and O–H groups in total. The summed E-state index contributed by atoms with van der Waals surface area (Å²) in [4.78, 5) is 0. The van der Waals surface area contributed by atoms with Gasteiger partial charge in [0.1, 0.15) is 0 Å². The molecule has 0 heterocycles. The smallest absolute Gasteiger partial charge is 0.171 e. The number of ether oxygens (including phenoxy) is 2. The molecule has 1 atom stereocenters. The first-order chi connectivity index (χ1) is 6.77. The first-order valence-corrected chi connectivity index (χ1v) is 5.57. The van der Waals surface area contributed by atoms with Crippen LogP contribution in [0.3, 0.4) is 0 Å². The van der Waals surface area contributed by atoms with Gasteiger partial charge in [-0.25, -0.2) is 0 Å². The van der Waals surface area contributed by atoms with E-state index >= 15 is 0 Å². The fourth-order valence-electron chi connectivity index (χ4n) is 2.17. The van der Waals surface area contributed by atoms with Crippen molar-refractivity contribution in [2.45, 2.75) is 44.9 Å².